The highest BCUT2D eigenvalue weighted by molar-refractivity contribution is 7.89. The normalized spacial score (nSPS) is 15.8. The second-order valence-corrected chi connectivity index (χ2v) is 9.36. The Morgan fingerprint density at radius 3 is 2.29 bits per heavy atom. The first-order chi connectivity index (χ1) is 13.2. The molecule has 1 saturated heterocycles. The quantitative estimate of drug-likeness (QED) is 0.764. The second kappa shape index (κ2) is 8.05. The van der Waals surface area contributed by atoms with Gasteiger partial charge in [0.05, 0.1) is 10.6 Å². The van der Waals surface area contributed by atoms with Crippen molar-refractivity contribution in [3.05, 3.63) is 46.8 Å². The summed E-state index contributed by atoms with van der Waals surface area (Å²) in [5.74, 6) is 0.0381. The fourth-order valence-electron chi connectivity index (χ4n) is 3.67. The van der Waals surface area contributed by atoms with Gasteiger partial charge in [-0.2, -0.15) is 9.40 Å². The first-order valence-corrected chi connectivity index (χ1v) is 11.0. The predicted molar refractivity (Wildman–Crippen MR) is 108 cm³/mol. The van der Waals surface area contributed by atoms with Gasteiger partial charge in [-0.3, -0.25) is 9.48 Å². The molecule has 1 aliphatic heterocycles. The fraction of sp³-hybridized carbons (Fsp3) is 0.500. The highest BCUT2D eigenvalue weighted by Gasteiger charge is 2.30. The van der Waals surface area contributed by atoms with E-state index in [1.165, 1.54) is 4.31 Å². The summed E-state index contributed by atoms with van der Waals surface area (Å²) in [5.41, 5.74) is 3.77. The Balaban J connectivity index is 1.59. The summed E-state index contributed by atoms with van der Waals surface area (Å²) >= 11 is 0. The molecule has 0 saturated carbocycles. The van der Waals surface area contributed by atoms with Crippen LogP contribution in [0.4, 0.5) is 0 Å². The molecule has 0 aliphatic carbocycles. The third-order valence-electron chi connectivity index (χ3n) is 5.18. The number of sulfonamides is 1. The molecule has 28 heavy (non-hydrogen) atoms. The van der Waals surface area contributed by atoms with Crippen molar-refractivity contribution < 1.29 is 13.2 Å². The molecule has 0 spiro atoms. The Morgan fingerprint density at radius 1 is 1.04 bits per heavy atom. The van der Waals surface area contributed by atoms with Crippen LogP contribution in [0, 0.1) is 27.7 Å². The number of piperazine rings is 1. The molecule has 1 fully saturated rings. The maximum atomic E-state index is 13.0. The molecule has 1 aromatic heterocycles. The standard InChI is InChI=1S/C20H28N4O3S/c1-15-5-6-19(16(2)13-15)28(26,27)23-11-9-22(10-12-23)20(25)7-8-24-18(4)14-17(3)21-24/h5-6,13-14H,7-12H2,1-4H3. The second-order valence-electron chi connectivity index (χ2n) is 7.45. The lowest BCUT2D eigenvalue weighted by molar-refractivity contribution is -0.132. The average Bonchev–Trinajstić information content (AvgIpc) is 2.96. The van der Waals surface area contributed by atoms with Crippen molar-refractivity contribution >= 4 is 15.9 Å². The van der Waals surface area contributed by atoms with Crippen LogP contribution in [0.3, 0.4) is 0 Å². The van der Waals surface area contributed by atoms with Gasteiger partial charge >= 0.3 is 0 Å². The molecule has 0 bridgehead atoms. The SMILES string of the molecule is Cc1ccc(S(=O)(=O)N2CCN(C(=O)CCn3nc(C)cc3C)CC2)c(C)c1. The first kappa shape index (κ1) is 20.5. The molecule has 7 nitrogen and oxygen atoms in total. The number of hydrogen-bond acceptors (Lipinski definition) is 4. The van der Waals surface area contributed by atoms with Gasteiger partial charge < -0.3 is 4.90 Å². The Labute approximate surface area is 167 Å². The van der Waals surface area contributed by atoms with Gasteiger partial charge in [0, 0.05) is 44.8 Å². The van der Waals surface area contributed by atoms with E-state index in [2.05, 4.69) is 5.10 Å². The molecule has 2 aromatic rings. The van der Waals surface area contributed by atoms with E-state index in [9.17, 15) is 13.2 Å². The van der Waals surface area contributed by atoms with Gasteiger partial charge in [-0.1, -0.05) is 17.7 Å². The number of rotatable bonds is 5. The number of carbonyl (C=O) groups is 1. The third-order valence-corrected chi connectivity index (χ3v) is 7.24. The molecule has 8 heteroatoms. The number of hydrogen-bond donors (Lipinski definition) is 0. The lowest BCUT2D eigenvalue weighted by Crippen LogP contribution is -2.50. The molecule has 1 aromatic carbocycles. The Morgan fingerprint density at radius 2 is 1.71 bits per heavy atom. The molecule has 2 heterocycles. The molecule has 3 rings (SSSR count). The van der Waals surface area contributed by atoms with Crippen molar-refractivity contribution in [2.24, 2.45) is 0 Å². The zero-order valence-electron chi connectivity index (χ0n) is 17.0. The monoisotopic (exact) mass is 404 g/mol. The molecule has 0 radical (unpaired) electrons. The van der Waals surface area contributed by atoms with E-state index in [0.29, 0.717) is 44.0 Å². The molecular formula is C20H28N4O3S. The molecule has 1 aliphatic rings. The van der Waals surface area contributed by atoms with Crippen LogP contribution in [-0.4, -0.2) is 59.5 Å². The maximum Gasteiger partial charge on any atom is 0.243 e. The minimum Gasteiger partial charge on any atom is -0.340 e. The van der Waals surface area contributed by atoms with E-state index < -0.39 is 10.0 Å². The zero-order chi connectivity index (χ0) is 20.5. The Kier molecular flexibility index (Phi) is 5.90. The first-order valence-electron chi connectivity index (χ1n) is 9.55. The summed E-state index contributed by atoms with van der Waals surface area (Å²) in [6.45, 7) is 9.68. The fourth-order valence-corrected chi connectivity index (χ4v) is 5.29. The van der Waals surface area contributed by atoms with E-state index >= 15 is 0 Å². The number of nitrogens with zero attached hydrogens (tertiary/aromatic N) is 4. The van der Waals surface area contributed by atoms with Crippen LogP contribution >= 0.6 is 0 Å². The minimum absolute atomic E-state index is 0.0381. The largest absolute Gasteiger partial charge is 0.340 e. The maximum absolute atomic E-state index is 13.0. The molecule has 0 unspecified atom stereocenters. The van der Waals surface area contributed by atoms with Gasteiger partial charge in [0.15, 0.2) is 0 Å². The highest BCUT2D eigenvalue weighted by atomic mass is 32.2. The molecule has 0 atom stereocenters. The van der Waals surface area contributed by atoms with Gasteiger partial charge in [0.1, 0.15) is 0 Å². The predicted octanol–water partition coefficient (Wildman–Crippen LogP) is 2.04. The van der Waals surface area contributed by atoms with Crippen LogP contribution in [-0.2, 0) is 21.4 Å². The van der Waals surface area contributed by atoms with Gasteiger partial charge in [-0.25, -0.2) is 8.42 Å². The van der Waals surface area contributed by atoms with E-state index in [4.69, 9.17) is 0 Å². The van der Waals surface area contributed by atoms with E-state index in [1.807, 2.05) is 50.6 Å². The van der Waals surface area contributed by atoms with Gasteiger partial charge in [-0.15, -0.1) is 0 Å². The van der Waals surface area contributed by atoms with Crippen LogP contribution in [0.25, 0.3) is 0 Å². The summed E-state index contributed by atoms with van der Waals surface area (Å²) in [7, 11) is -3.54. The number of benzene rings is 1. The van der Waals surface area contributed by atoms with Crippen LogP contribution in [0.5, 0.6) is 0 Å². The Hall–Kier alpha value is -2.19. The molecule has 0 N–H and O–H groups in total. The van der Waals surface area contributed by atoms with Crippen LogP contribution in [0.2, 0.25) is 0 Å². The average molecular weight is 405 g/mol. The molecule has 1 amide bonds. The number of aryl methyl sites for hydroxylation is 5. The highest BCUT2D eigenvalue weighted by Crippen LogP contribution is 2.22. The van der Waals surface area contributed by atoms with Gasteiger partial charge in [0.2, 0.25) is 15.9 Å². The van der Waals surface area contributed by atoms with Crippen LogP contribution in [0.1, 0.15) is 28.9 Å². The van der Waals surface area contributed by atoms with Crippen molar-refractivity contribution in [3.63, 3.8) is 0 Å². The third kappa shape index (κ3) is 4.28. The topological polar surface area (TPSA) is 75.5 Å². The van der Waals surface area contributed by atoms with Gasteiger partial charge in [-0.05, 0) is 45.4 Å². The summed E-state index contributed by atoms with van der Waals surface area (Å²) < 4.78 is 29.2. The van der Waals surface area contributed by atoms with E-state index in [1.54, 1.807) is 11.0 Å². The van der Waals surface area contributed by atoms with E-state index in [0.717, 1.165) is 22.5 Å². The Bertz CT molecular complexity index is 973. The molecular weight excluding hydrogens is 376 g/mol. The number of amides is 1. The van der Waals surface area contributed by atoms with Crippen molar-refractivity contribution in [3.8, 4) is 0 Å². The number of aromatic nitrogens is 2. The summed E-state index contributed by atoms with van der Waals surface area (Å²) in [4.78, 5) is 14.6. The van der Waals surface area contributed by atoms with Gasteiger partial charge in [0.25, 0.3) is 0 Å². The van der Waals surface area contributed by atoms with Crippen molar-refractivity contribution in [1.29, 1.82) is 0 Å². The van der Waals surface area contributed by atoms with Crippen molar-refractivity contribution in [2.75, 3.05) is 26.2 Å². The van der Waals surface area contributed by atoms with Crippen molar-refractivity contribution in [2.45, 2.75) is 45.6 Å². The summed E-state index contributed by atoms with van der Waals surface area (Å²) in [6, 6.07) is 7.36. The lowest BCUT2D eigenvalue weighted by Gasteiger charge is -2.34. The lowest BCUT2D eigenvalue weighted by atomic mass is 10.2. The molecule has 152 valence electrons. The summed E-state index contributed by atoms with van der Waals surface area (Å²) in [6.07, 6.45) is 0.367. The van der Waals surface area contributed by atoms with E-state index in [-0.39, 0.29) is 5.91 Å². The smallest absolute Gasteiger partial charge is 0.243 e. The number of carbonyl (C=O) groups excluding carboxylic acids is 1. The minimum atomic E-state index is -3.54. The van der Waals surface area contributed by atoms with Crippen molar-refractivity contribution in [1.82, 2.24) is 19.0 Å². The van der Waals surface area contributed by atoms with Crippen LogP contribution < -0.4 is 0 Å². The zero-order valence-corrected chi connectivity index (χ0v) is 17.8. The summed E-state index contributed by atoms with van der Waals surface area (Å²) in [5, 5.41) is 4.38. The van der Waals surface area contributed by atoms with Crippen LogP contribution in [0.15, 0.2) is 29.2 Å².